The molecule has 0 heterocycles. The van der Waals surface area contributed by atoms with Crippen molar-refractivity contribution in [1.82, 2.24) is 5.32 Å². The predicted molar refractivity (Wildman–Crippen MR) is 73.5 cm³/mol. The Morgan fingerprint density at radius 1 is 1.53 bits per heavy atom. The molecule has 6 heteroatoms. The summed E-state index contributed by atoms with van der Waals surface area (Å²) >= 11 is 3.15. The van der Waals surface area contributed by atoms with Gasteiger partial charge in [-0.05, 0) is 54.4 Å². The molecule has 1 aromatic carbocycles. The van der Waals surface area contributed by atoms with E-state index < -0.39 is 6.10 Å². The van der Waals surface area contributed by atoms with Gasteiger partial charge in [0, 0.05) is 6.04 Å². The van der Waals surface area contributed by atoms with Crippen molar-refractivity contribution in [3.05, 3.63) is 28.5 Å². The molecule has 4 nitrogen and oxygen atoms in total. The van der Waals surface area contributed by atoms with Crippen molar-refractivity contribution in [2.45, 2.75) is 32.4 Å². The van der Waals surface area contributed by atoms with E-state index in [4.69, 9.17) is 4.74 Å². The first-order valence-corrected chi connectivity index (χ1v) is 6.73. The number of halogens is 2. The number of aliphatic hydroxyl groups excluding tert-OH is 1. The summed E-state index contributed by atoms with van der Waals surface area (Å²) < 4.78 is 18.6. The highest BCUT2D eigenvalue weighted by atomic mass is 79.9. The summed E-state index contributed by atoms with van der Waals surface area (Å²) in [6.45, 7) is 3.31. The molecular formula is C13H17BrFNO3. The van der Waals surface area contributed by atoms with Crippen LogP contribution < -0.4 is 10.1 Å². The van der Waals surface area contributed by atoms with Gasteiger partial charge < -0.3 is 15.2 Å². The minimum absolute atomic E-state index is 0.132. The summed E-state index contributed by atoms with van der Waals surface area (Å²) in [6.07, 6.45) is 0.00821. The molecule has 2 unspecified atom stereocenters. The molecule has 0 saturated heterocycles. The number of nitrogens with one attached hydrogen (secondary N) is 1. The third kappa shape index (κ3) is 6.02. The highest BCUT2D eigenvalue weighted by Gasteiger charge is 2.11. The van der Waals surface area contributed by atoms with Gasteiger partial charge in [-0.15, -0.1) is 0 Å². The largest absolute Gasteiger partial charge is 0.483 e. The first-order chi connectivity index (χ1) is 8.88. The minimum Gasteiger partial charge on any atom is -0.483 e. The van der Waals surface area contributed by atoms with Crippen LogP contribution in [0.3, 0.4) is 0 Å². The van der Waals surface area contributed by atoms with Crippen LogP contribution in [0.5, 0.6) is 5.75 Å². The number of benzene rings is 1. The molecule has 19 heavy (non-hydrogen) atoms. The molecule has 0 fully saturated rings. The van der Waals surface area contributed by atoms with Gasteiger partial charge in [0.05, 0.1) is 10.6 Å². The Bertz CT molecular complexity index is 440. The van der Waals surface area contributed by atoms with Gasteiger partial charge >= 0.3 is 0 Å². The Morgan fingerprint density at radius 3 is 2.79 bits per heavy atom. The van der Waals surface area contributed by atoms with Crippen molar-refractivity contribution >= 4 is 21.8 Å². The molecule has 0 radical (unpaired) electrons. The third-order valence-corrected chi connectivity index (χ3v) is 2.97. The van der Waals surface area contributed by atoms with Crippen LogP contribution in [0.2, 0.25) is 0 Å². The average Bonchev–Trinajstić information content (AvgIpc) is 2.26. The first-order valence-electron chi connectivity index (χ1n) is 5.93. The fourth-order valence-electron chi connectivity index (χ4n) is 1.62. The fraction of sp³-hybridized carbons (Fsp3) is 0.462. The van der Waals surface area contributed by atoms with Gasteiger partial charge in [-0.1, -0.05) is 0 Å². The van der Waals surface area contributed by atoms with Gasteiger partial charge in [-0.2, -0.15) is 0 Å². The Balaban J connectivity index is 2.41. The lowest BCUT2D eigenvalue weighted by atomic mass is 10.1. The maximum Gasteiger partial charge on any atom is 0.258 e. The van der Waals surface area contributed by atoms with Crippen LogP contribution in [-0.4, -0.2) is 29.8 Å². The van der Waals surface area contributed by atoms with Gasteiger partial charge in [0.2, 0.25) is 0 Å². The number of aliphatic hydroxyl groups is 1. The standard InChI is InChI=1S/C13H17BrFNO3/c1-8(5-9(2)17)16-13(18)7-19-12-4-3-10(15)6-11(12)14/h3-4,6,8-9,17H,5,7H2,1-2H3,(H,16,18). The number of carbonyl (C=O) groups excluding carboxylic acids is 1. The molecule has 1 amide bonds. The zero-order chi connectivity index (χ0) is 14.4. The van der Waals surface area contributed by atoms with Crippen molar-refractivity contribution in [3.8, 4) is 5.75 Å². The summed E-state index contributed by atoms with van der Waals surface area (Å²) in [5.41, 5.74) is 0. The maximum atomic E-state index is 12.9. The topological polar surface area (TPSA) is 58.6 Å². The van der Waals surface area contributed by atoms with Gasteiger partial charge in [0.25, 0.3) is 5.91 Å². The second-order valence-electron chi connectivity index (χ2n) is 4.42. The average molecular weight is 334 g/mol. The van der Waals surface area contributed by atoms with Crippen molar-refractivity contribution < 1.29 is 19.0 Å². The van der Waals surface area contributed by atoms with Crippen LogP contribution in [0.15, 0.2) is 22.7 Å². The minimum atomic E-state index is -0.470. The Hall–Kier alpha value is -1.14. The summed E-state index contributed by atoms with van der Waals surface area (Å²) in [4.78, 5) is 11.6. The van der Waals surface area contributed by atoms with E-state index in [2.05, 4.69) is 21.2 Å². The van der Waals surface area contributed by atoms with E-state index in [9.17, 15) is 14.3 Å². The van der Waals surface area contributed by atoms with Crippen molar-refractivity contribution in [1.29, 1.82) is 0 Å². The van der Waals surface area contributed by atoms with E-state index in [-0.39, 0.29) is 24.4 Å². The molecule has 0 aliphatic heterocycles. The van der Waals surface area contributed by atoms with E-state index in [1.807, 2.05) is 0 Å². The van der Waals surface area contributed by atoms with Crippen LogP contribution in [0, 0.1) is 5.82 Å². The van der Waals surface area contributed by atoms with Crippen LogP contribution in [0.1, 0.15) is 20.3 Å². The Labute approximate surface area is 120 Å². The van der Waals surface area contributed by atoms with Crippen molar-refractivity contribution in [3.63, 3.8) is 0 Å². The molecule has 0 aliphatic carbocycles. The van der Waals surface area contributed by atoms with Gasteiger partial charge in [0.15, 0.2) is 6.61 Å². The molecule has 0 aliphatic rings. The van der Waals surface area contributed by atoms with E-state index in [0.717, 1.165) is 0 Å². The predicted octanol–water partition coefficient (Wildman–Crippen LogP) is 2.24. The molecule has 0 bridgehead atoms. The summed E-state index contributed by atoms with van der Waals surface area (Å²) in [5.74, 6) is -0.265. The molecule has 2 atom stereocenters. The number of hydrogen-bond acceptors (Lipinski definition) is 3. The lowest BCUT2D eigenvalue weighted by Gasteiger charge is -2.15. The summed E-state index contributed by atoms with van der Waals surface area (Å²) in [7, 11) is 0. The normalized spacial score (nSPS) is 13.7. The molecule has 0 aromatic heterocycles. The number of ether oxygens (including phenoxy) is 1. The lowest BCUT2D eigenvalue weighted by Crippen LogP contribution is -2.37. The number of rotatable bonds is 6. The summed E-state index contributed by atoms with van der Waals surface area (Å²) in [6, 6.07) is 3.84. The van der Waals surface area contributed by atoms with Gasteiger partial charge in [-0.3, -0.25) is 4.79 Å². The molecule has 1 rings (SSSR count). The Kier molecular flexibility index (Phi) is 6.24. The fourth-order valence-corrected chi connectivity index (χ4v) is 2.09. The van der Waals surface area contributed by atoms with E-state index >= 15 is 0 Å². The first kappa shape index (κ1) is 15.9. The third-order valence-electron chi connectivity index (χ3n) is 2.35. The number of hydrogen-bond donors (Lipinski definition) is 2. The SMILES string of the molecule is CC(O)CC(C)NC(=O)COc1ccc(F)cc1Br. The monoisotopic (exact) mass is 333 g/mol. The smallest absolute Gasteiger partial charge is 0.258 e. The number of amides is 1. The second kappa shape index (κ2) is 7.45. The van der Waals surface area contributed by atoms with Crippen LogP contribution in [0.4, 0.5) is 4.39 Å². The summed E-state index contributed by atoms with van der Waals surface area (Å²) in [5, 5.41) is 11.9. The van der Waals surface area contributed by atoms with Crippen LogP contribution in [0.25, 0.3) is 0 Å². The lowest BCUT2D eigenvalue weighted by molar-refractivity contribution is -0.123. The molecule has 106 valence electrons. The highest BCUT2D eigenvalue weighted by Crippen LogP contribution is 2.25. The Morgan fingerprint density at radius 2 is 2.21 bits per heavy atom. The highest BCUT2D eigenvalue weighted by molar-refractivity contribution is 9.10. The van der Waals surface area contributed by atoms with E-state index in [1.165, 1.54) is 18.2 Å². The number of carbonyl (C=O) groups is 1. The van der Waals surface area contributed by atoms with Crippen LogP contribution in [-0.2, 0) is 4.79 Å². The maximum absolute atomic E-state index is 12.9. The van der Waals surface area contributed by atoms with Gasteiger partial charge in [0.1, 0.15) is 11.6 Å². The van der Waals surface area contributed by atoms with Crippen LogP contribution >= 0.6 is 15.9 Å². The second-order valence-corrected chi connectivity index (χ2v) is 5.27. The molecular weight excluding hydrogens is 317 g/mol. The molecule has 1 aromatic rings. The molecule has 2 N–H and O–H groups in total. The van der Waals surface area contributed by atoms with Gasteiger partial charge in [-0.25, -0.2) is 4.39 Å². The van der Waals surface area contributed by atoms with E-state index in [1.54, 1.807) is 13.8 Å². The van der Waals surface area contributed by atoms with Crippen molar-refractivity contribution in [2.75, 3.05) is 6.61 Å². The molecule has 0 saturated carbocycles. The zero-order valence-corrected chi connectivity index (χ0v) is 12.4. The van der Waals surface area contributed by atoms with E-state index in [0.29, 0.717) is 16.6 Å². The quantitative estimate of drug-likeness (QED) is 0.839. The zero-order valence-electron chi connectivity index (χ0n) is 10.8. The molecule has 0 spiro atoms. The van der Waals surface area contributed by atoms with Crippen molar-refractivity contribution in [2.24, 2.45) is 0 Å².